The second kappa shape index (κ2) is 5.12. The summed E-state index contributed by atoms with van der Waals surface area (Å²) in [5.74, 6) is -0.195. The molecule has 0 saturated carbocycles. The van der Waals surface area contributed by atoms with E-state index in [1.165, 1.54) is 9.58 Å². The van der Waals surface area contributed by atoms with E-state index in [1.54, 1.807) is 44.6 Å². The lowest BCUT2D eigenvalue weighted by Crippen LogP contribution is -2.22. The Morgan fingerprint density at radius 3 is 2.79 bits per heavy atom. The van der Waals surface area contributed by atoms with Gasteiger partial charge in [-0.2, -0.15) is 10.4 Å². The van der Waals surface area contributed by atoms with Gasteiger partial charge in [0.2, 0.25) is 0 Å². The third-order valence-electron chi connectivity index (χ3n) is 2.54. The Morgan fingerprint density at radius 1 is 1.42 bits per heavy atom. The molecule has 0 unspecified atom stereocenters. The summed E-state index contributed by atoms with van der Waals surface area (Å²) < 4.78 is 1.47. The molecule has 0 bridgehead atoms. The SMILES string of the molecule is CN(C)C(=O)c1ccn(-c2cc(Cl)ccc2C#N)n1. The molecule has 96 valence electrons. The second-order valence-corrected chi connectivity index (χ2v) is 4.55. The molecule has 1 amide bonds. The highest BCUT2D eigenvalue weighted by Gasteiger charge is 2.13. The summed E-state index contributed by atoms with van der Waals surface area (Å²) in [6.07, 6.45) is 1.63. The van der Waals surface area contributed by atoms with E-state index in [9.17, 15) is 4.79 Å². The molecule has 6 heteroatoms. The zero-order valence-electron chi connectivity index (χ0n) is 10.5. The largest absolute Gasteiger partial charge is 0.343 e. The van der Waals surface area contributed by atoms with Gasteiger partial charge in [0.15, 0.2) is 5.69 Å². The Balaban J connectivity index is 2.47. The van der Waals surface area contributed by atoms with Crippen LogP contribution < -0.4 is 0 Å². The van der Waals surface area contributed by atoms with E-state index in [1.807, 2.05) is 0 Å². The molecular weight excluding hydrogens is 264 g/mol. The van der Waals surface area contributed by atoms with Gasteiger partial charge in [0, 0.05) is 25.3 Å². The molecule has 0 radical (unpaired) electrons. The lowest BCUT2D eigenvalue weighted by molar-refractivity contribution is 0.0821. The minimum atomic E-state index is -0.195. The first-order valence-corrected chi connectivity index (χ1v) is 5.88. The van der Waals surface area contributed by atoms with Crippen LogP contribution in [0.4, 0.5) is 0 Å². The third kappa shape index (κ3) is 2.59. The van der Waals surface area contributed by atoms with Crippen LogP contribution in [0.15, 0.2) is 30.5 Å². The van der Waals surface area contributed by atoms with Gasteiger partial charge in [0.25, 0.3) is 5.91 Å². The molecule has 0 aliphatic carbocycles. The monoisotopic (exact) mass is 274 g/mol. The van der Waals surface area contributed by atoms with Crippen LogP contribution in [0, 0.1) is 11.3 Å². The van der Waals surface area contributed by atoms with Crippen molar-refractivity contribution in [2.45, 2.75) is 0 Å². The topological polar surface area (TPSA) is 61.9 Å². The van der Waals surface area contributed by atoms with Crippen LogP contribution in [-0.2, 0) is 0 Å². The van der Waals surface area contributed by atoms with E-state index in [-0.39, 0.29) is 5.91 Å². The van der Waals surface area contributed by atoms with E-state index in [2.05, 4.69) is 11.2 Å². The molecule has 1 aromatic carbocycles. The Kier molecular flexibility index (Phi) is 3.54. The maximum atomic E-state index is 11.8. The van der Waals surface area contributed by atoms with Gasteiger partial charge in [0.05, 0.1) is 11.3 Å². The molecule has 0 aliphatic rings. The highest BCUT2D eigenvalue weighted by atomic mass is 35.5. The number of hydrogen-bond donors (Lipinski definition) is 0. The number of carbonyl (C=O) groups is 1. The number of amides is 1. The summed E-state index contributed by atoms with van der Waals surface area (Å²) in [4.78, 5) is 13.2. The van der Waals surface area contributed by atoms with E-state index in [4.69, 9.17) is 16.9 Å². The number of halogens is 1. The Bertz CT molecular complexity index is 670. The number of benzene rings is 1. The zero-order chi connectivity index (χ0) is 14.0. The summed E-state index contributed by atoms with van der Waals surface area (Å²) in [5.41, 5.74) is 1.30. The summed E-state index contributed by atoms with van der Waals surface area (Å²) >= 11 is 5.92. The van der Waals surface area contributed by atoms with Crippen molar-refractivity contribution in [1.82, 2.24) is 14.7 Å². The van der Waals surface area contributed by atoms with Crippen molar-refractivity contribution in [2.24, 2.45) is 0 Å². The Morgan fingerprint density at radius 2 is 2.16 bits per heavy atom. The van der Waals surface area contributed by atoms with E-state index in [0.717, 1.165) is 0 Å². The number of aromatic nitrogens is 2. The highest BCUT2D eigenvalue weighted by Crippen LogP contribution is 2.19. The molecule has 1 aromatic heterocycles. The molecular formula is C13H11ClN4O. The van der Waals surface area contributed by atoms with Crippen LogP contribution in [0.3, 0.4) is 0 Å². The standard InChI is InChI=1S/C13H11ClN4O/c1-17(2)13(19)11-5-6-18(16-11)12-7-10(14)4-3-9(12)8-15/h3-7H,1-2H3. The Labute approximate surface area is 115 Å². The first kappa shape index (κ1) is 13.1. The molecule has 0 N–H and O–H groups in total. The van der Waals surface area contributed by atoms with Gasteiger partial charge in [-0.05, 0) is 24.3 Å². The van der Waals surface area contributed by atoms with Crippen LogP contribution >= 0.6 is 11.6 Å². The number of hydrogen-bond acceptors (Lipinski definition) is 3. The van der Waals surface area contributed by atoms with Crippen molar-refractivity contribution in [3.05, 3.63) is 46.7 Å². The van der Waals surface area contributed by atoms with Crippen LogP contribution in [0.25, 0.3) is 5.69 Å². The number of nitrogens with zero attached hydrogens (tertiary/aromatic N) is 4. The van der Waals surface area contributed by atoms with Gasteiger partial charge in [-0.3, -0.25) is 4.79 Å². The summed E-state index contributed by atoms with van der Waals surface area (Å²) in [6, 6.07) is 8.56. The third-order valence-corrected chi connectivity index (χ3v) is 2.78. The molecule has 0 atom stereocenters. The van der Waals surface area contributed by atoms with Gasteiger partial charge >= 0.3 is 0 Å². The molecule has 0 fully saturated rings. The molecule has 0 spiro atoms. The first-order valence-electron chi connectivity index (χ1n) is 5.50. The van der Waals surface area contributed by atoms with Crippen LogP contribution in [0.2, 0.25) is 5.02 Å². The average Bonchev–Trinajstić information content (AvgIpc) is 2.87. The fourth-order valence-electron chi connectivity index (χ4n) is 1.59. The van der Waals surface area contributed by atoms with Crippen molar-refractivity contribution < 1.29 is 4.79 Å². The van der Waals surface area contributed by atoms with Gasteiger partial charge in [-0.15, -0.1) is 0 Å². The van der Waals surface area contributed by atoms with Gasteiger partial charge < -0.3 is 4.90 Å². The molecule has 2 rings (SSSR count). The predicted molar refractivity (Wildman–Crippen MR) is 71.3 cm³/mol. The molecule has 0 aliphatic heterocycles. The molecule has 5 nitrogen and oxygen atoms in total. The number of carbonyl (C=O) groups excluding carboxylic acids is 1. The predicted octanol–water partition coefficient (Wildman–Crippen LogP) is 2.10. The van der Waals surface area contributed by atoms with Crippen molar-refractivity contribution in [2.75, 3.05) is 14.1 Å². The molecule has 19 heavy (non-hydrogen) atoms. The normalized spacial score (nSPS) is 10.0. The van der Waals surface area contributed by atoms with Crippen molar-refractivity contribution in [3.8, 4) is 11.8 Å². The lowest BCUT2D eigenvalue weighted by Gasteiger charge is -2.07. The van der Waals surface area contributed by atoms with Crippen LogP contribution in [0.5, 0.6) is 0 Å². The van der Waals surface area contributed by atoms with Gasteiger partial charge in [-0.25, -0.2) is 4.68 Å². The second-order valence-electron chi connectivity index (χ2n) is 4.12. The van der Waals surface area contributed by atoms with Crippen molar-refractivity contribution >= 4 is 17.5 Å². The maximum Gasteiger partial charge on any atom is 0.273 e. The van der Waals surface area contributed by atoms with E-state index < -0.39 is 0 Å². The van der Waals surface area contributed by atoms with E-state index in [0.29, 0.717) is 22.0 Å². The highest BCUT2D eigenvalue weighted by molar-refractivity contribution is 6.30. The van der Waals surface area contributed by atoms with Crippen molar-refractivity contribution in [1.29, 1.82) is 5.26 Å². The lowest BCUT2D eigenvalue weighted by atomic mass is 10.2. The average molecular weight is 275 g/mol. The maximum absolute atomic E-state index is 11.8. The van der Waals surface area contributed by atoms with Crippen LogP contribution in [-0.4, -0.2) is 34.7 Å². The summed E-state index contributed by atoms with van der Waals surface area (Å²) in [5, 5.41) is 13.7. The number of nitriles is 1. The summed E-state index contributed by atoms with van der Waals surface area (Å²) in [7, 11) is 3.31. The minimum Gasteiger partial charge on any atom is -0.343 e. The Hall–Kier alpha value is -2.32. The van der Waals surface area contributed by atoms with Gasteiger partial charge in [0.1, 0.15) is 6.07 Å². The zero-order valence-corrected chi connectivity index (χ0v) is 11.2. The minimum absolute atomic E-state index is 0.195. The smallest absolute Gasteiger partial charge is 0.273 e. The van der Waals surface area contributed by atoms with E-state index >= 15 is 0 Å². The first-order chi connectivity index (χ1) is 9.02. The number of rotatable bonds is 2. The van der Waals surface area contributed by atoms with Crippen molar-refractivity contribution in [3.63, 3.8) is 0 Å². The fraction of sp³-hybridized carbons (Fsp3) is 0.154. The summed E-state index contributed by atoms with van der Waals surface area (Å²) in [6.45, 7) is 0. The fourth-order valence-corrected chi connectivity index (χ4v) is 1.76. The molecule has 0 saturated heterocycles. The quantitative estimate of drug-likeness (QED) is 0.842. The molecule has 1 heterocycles. The van der Waals surface area contributed by atoms with Crippen LogP contribution in [0.1, 0.15) is 16.1 Å². The molecule has 2 aromatic rings. The van der Waals surface area contributed by atoms with Gasteiger partial charge in [-0.1, -0.05) is 11.6 Å².